The molecule has 0 aliphatic rings. The molecule has 0 heterocycles. The number of rotatable bonds is 9. The van der Waals surface area contributed by atoms with Crippen LogP contribution in [-0.4, -0.2) is 50.5 Å². The van der Waals surface area contributed by atoms with E-state index < -0.39 is 0 Å². The smallest absolute Gasteiger partial charge is 0.115 e. The highest BCUT2D eigenvalue weighted by atomic mass is 16.5. The van der Waals surface area contributed by atoms with Crippen molar-refractivity contribution in [2.75, 3.05) is 40.5 Å². The maximum atomic E-state index is 9.34. The molecular formula is C15H25NO3. The van der Waals surface area contributed by atoms with Gasteiger partial charge in [0.05, 0.1) is 6.61 Å². The maximum Gasteiger partial charge on any atom is 0.115 e. The normalized spacial score (nSPS) is 12.8. The third-order valence-corrected chi connectivity index (χ3v) is 3.30. The van der Waals surface area contributed by atoms with Crippen molar-refractivity contribution >= 4 is 0 Å². The standard InChI is InChI=1S/C15H25NO3/c1-13(14-5-7-15(17)8-6-14)16(10-12-19-3)9-4-11-18-2/h5-8,13,17H,4,9-12H2,1-3H3. The molecule has 0 aliphatic carbocycles. The quantitative estimate of drug-likeness (QED) is 0.698. The van der Waals surface area contributed by atoms with Crippen molar-refractivity contribution in [1.82, 2.24) is 4.90 Å². The molecule has 0 radical (unpaired) electrons. The van der Waals surface area contributed by atoms with E-state index in [1.54, 1.807) is 26.4 Å². The third-order valence-electron chi connectivity index (χ3n) is 3.30. The summed E-state index contributed by atoms with van der Waals surface area (Å²) in [4.78, 5) is 2.37. The molecule has 0 fully saturated rings. The van der Waals surface area contributed by atoms with Gasteiger partial charge in [-0.05, 0) is 31.0 Å². The van der Waals surface area contributed by atoms with Crippen molar-refractivity contribution < 1.29 is 14.6 Å². The van der Waals surface area contributed by atoms with E-state index in [9.17, 15) is 5.11 Å². The minimum atomic E-state index is 0.299. The van der Waals surface area contributed by atoms with Crippen LogP contribution in [0.25, 0.3) is 0 Å². The molecule has 0 spiro atoms. The summed E-state index contributed by atoms with van der Waals surface area (Å²) in [6, 6.07) is 7.70. The summed E-state index contributed by atoms with van der Waals surface area (Å²) in [7, 11) is 3.45. The fraction of sp³-hybridized carbons (Fsp3) is 0.600. The van der Waals surface area contributed by atoms with Crippen molar-refractivity contribution in [3.05, 3.63) is 29.8 Å². The third kappa shape index (κ3) is 5.59. The van der Waals surface area contributed by atoms with Crippen molar-refractivity contribution in [1.29, 1.82) is 0 Å². The number of methoxy groups -OCH3 is 2. The molecule has 0 bridgehead atoms. The largest absolute Gasteiger partial charge is 0.508 e. The molecule has 1 aromatic carbocycles. The van der Waals surface area contributed by atoms with Crippen LogP contribution >= 0.6 is 0 Å². The first-order valence-corrected chi connectivity index (χ1v) is 6.70. The van der Waals surface area contributed by atoms with Gasteiger partial charge in [0.1, 0.15) is 5.75 Å². The Hall–Kier alpha value is -1.10. The number of benzene rings is 1. The molecule has 4 heteroatoms. The second-order valence-electron chi connectivity index (χ2n) is 4.64. The van der Waals surface area contributed by atoms with Gasteiger partial charge in [0.15, 0.2) is 0 Å². The zero-order chi connectivity index (χ0) is 14.1. The number of nitrogens with zero attached hydrogens (tertiary/aromatic N) is 1. The van der Waals surface area contributed by atoms with E-state index in [1.165, 1.54) is 5.56 Å². The van der Waals surface area contributed by atoms with Crippen LogP contribution in [0.4, 0.5) is 0 Å². The van der Waals surface area contributed by atoms with Gasteiger partial charge in [-0.3, -0.25) is 4.90 Å². The van der Waals surface area contributed by atoms with E-state index >= 15 is 0 Å². The fourth-order valence-electron chi connectivity index (χ4n) is 2.08. The lowest BCUT2D eigenvalue weighted by molar-refractivity contribution is 0.111. The first-order valence-electron chi connectivity index (χ1n) is 6.70. The maximum absolute atomic E-state index is 9.34. The molecule has 1 unspecified atom stereocenters. The predicted molar refractivity (Wildman–Crippen MR) is 76.5 cm³/mol. The molecule has 1 rings (SSSR count). The molecule has 0 saturated heterocycles. The van der Waals surface area contributed by atoms with Crippen molar-refractivity contribution in [3.8, 4) is 5.75 Å². The van der Waals surface area contributed by atoms with E-state index in [1.807, 2.05) is 12.1 Å². The summed E-state index contributed by atoms with van der Waals surface area (Å²) >= 11 is 0. The van der Waals surface area contributed by atoms with Gasteiger partial charge >= 0.3 is 0 Å². The Labute approximate surface area is 115 Å². The van der Waals surface area contributed by atoms with Gasteiger partial charge in [-0.1, -0.05) is 12.1 Å². The summed E-state index contributed by atoms with van der Waals surface area (Å²) in [5, 5.41) is 9.34. The molecule has 4 nitrogen and oxygen atoms in total. The second kappa shape index (κ2) is 8.91. The van der Waals surface area contributed by atoms with Crippen molar-refractivity contribution in [2.24, 2.45) is 0 Å². The van der Waals surface area contributed by atoms with Crippen LogP contribution in [0.2, 0.25) is 0 Å². The molecular weight excluding hydrogens is 242 g/mol. The summed E-state index contributed by atoms with van der Waals surface area (Å²) in [6.45, 7) is 5.53. The lowest BCUT2D eigenvalue weighted by Crippen LogP contribution is -2.31. The summed E-state index contributed by atoms with van der Waals surface area (Å²) in [6.07, 6.45) is 1.00. The lowest BCUT2D eigenvalue weighted by atomic mass is 10.1. The highest BCUT2D eigenvalue weighted by Crippen LogP contribution is 2.22. The van der Waals surface area contributed by atoms with Crippen LogP contribution in [0.1, 0.15) is 24.9 Å². The molecule has 1 atom stereocenters. The molecule has 19 heavy (non-hydrogen) atoms. The zero-order valence-electron chi connectivity index (χ0n) is 12.1. The highest BCUT2D eigenvalue weighted by Gasteiger charge is 2.15. The van der Waals surface area contributed by atoms with Gasteiger partial charge in [-0.25, -0.2) is 0 Å². The van der Waals surface area contributed by atoms with E-state index in [0.29, 0.717) is 11.8 Å². The van der Waals surface area contributed by atoms with Gasteiger partial charge in [0, 0.05) is 40.0 Å². The average molecular weight is 267 g/mol. The molecule has 108 valence electrons. The Kier molecular flexibility index (Phi) is 7.48. The highest BCUT2D eigenvalue weighted by molar-refractivity contribution is 5.27. The van der Waals surface area contributed by atoms with Crippen LogP contribution in [0.15, 0.2) is 24.3 Å². The monoisotopic (exact) mass is 267 g/mol. The SMILES string of the molecule is COCCCN(CCOC)C(C)c1ccc(O)cc1. The lowest BCUT2D eigenvalue weighted by Gasteiger charge is -2.29. The van der Waals surface area contributed by atoms with E-state index in [-0.39, 0.29) is 0 Å². The Morgan fingerprint density at radius 3 is 2.26 bits per heavy atom. The van der Waals surface area contributed by atoms with Gasteiger partial charge in [0.25, 0.3) is 0 Å². The number of phenolic OH excluding ortho intramolecular Hbond substituents is 1. The van der Waals surface area contributed by atoms with Gasteiger partial charge < -0.3 is 14.6 Å². The predicted octanol–water partition coefficient (Wildman–Crippen LogP) is 2.44. The fourth-order valence-corrected chi connectivity index (χ4v) is 2.08. The molecule has 0 aliphatic heterocycles. The van der Waals surface area contributed by atoms with Gasteiger partial charge in [0.2, 0.25) is 0 Å². The Balaban J connectivity index is 2.63. The van der Waals surface area contributed by atoms with Gasteiger partial charge in [-0.15, -0.1) is 0 Å². The Morgan fingerprint density at radius 2 is 1.68 bits per heavy atom. The minimum absolute atomic E-state index is 0.299. The number of hydrogen-bond acceptors (Lipinski definition) is 4. The van der Waals surface area contributed by atoms with E-state index in [0.717, 1.165) is 32.7 Å². The number of ether oxygens (including phenoxy) is 2. The summed E-state index contributed by atoms with van der Waals surface area (Å²) in [5.41, 5.74) is 1.20. The number of aromatic hydroxyl groups is 1. The summed E-state index contributed by atoms with van der Waals surface area (Å²) in [5.74, 6) is 0.304. The van der Waals surface area contributed by atoms with Gasteiger partial charge in [-0.2, -0.15) is 0 Å². The number of phenols is 1. The first-order chi connectivity index (χ1) is 9.19. The zero-order valence-corrected chi connectivity index (χ0v) is 12.1. The number of hydrogen-bond donors (Lipinski definition) is 1. The van der Waals surface area contributed by atoms with Crippen LogP contribution in [-0.2, 0) is 9.47 Å². The molecule has 0 aromatic heterocycles. The second-order valence-corrected chi connectivity index (χ2v) is 4.64. The van der Waals surface area contributed by atoms with Crippen molar-refractivity contribution in [2.45, 2.75) is 19.4 Å². The summed E-state index contributed by atoms with van der Waals surface area (Å²) < 4.78 is 10.3. The van der Waals surface area contributed by atoms with Crippen LogP contribution in [0.3, 0.4) is 0 Å². The van der Waals surface area contributed by atoms with Crippen LogP contribution in [0.5, 0.6) is 5.75 Å². The Bertz CT molecular complexity index is 340. The van der Waals surface area contributed by atoms with Crippen LogP contribution in [0, 0.1) is 0 Å². The molecule has 1 aromatic rings. The molecule has 0 amide bonds. The Morgan fingerprint density at radius 1 is 1.05 bits per heavy atom. The molecule has 0 saturated carbocycles. The minimum Gasteiger partial charge on any atom is -0.508 e. The van der Waals surface area contributed by atoms with E-state index in [2.05, 4.69) is 11.8 Å². The molecule has 1 N–H and O–H groups in total. The topological polar surface area (TPSA) is 41.9 Å². The van der Waals surface area contributed by atoms with E-state index in [4.69, 9.17) is 9.47 Å². The van der Waals surface area contributed by atoms with Crippen molar-refractivity contribution in [3.63, 3.8) is 0 Å². The van der Waals surface area contributed by atoms with Crippen LogP contribution < -0.4 is 0 Å². The first kappa shape index (κ1) is 16.0. The average Bonchev–Trinajstić information content (AvgIpc) is 2.43.